The maximum absolute atomic E-state index is 12.8. The van der Waals surface area contributed by atoms with Crippen LogP contribution in [0.25, 0.3) is 16.8 Å². The Morgan fingerprint density at radius 3 is 2.61 bits per heavy atom. The minimum Gasteiger partial charge on any atom is -0.355 e. The molecule has 3 aromatic heterocycles. The highest BCUT2D eigenvalue weighted by Crippen LogP contribution is 2.24. The van der Waals surface area contributed by atoms with Gasteiger partial charge in [-0.1, -0.05) is 37.7 Å². The molecule has 0 saturated carbocycles. The van der Waals surface area contributed by atoms with Gasteiger partial charge in [0, 0.05) is 13.1 Å². The molecule has 1 amide bonds. The van der Waals surface area contributed by atoms with Crippen LogP contribution in [0.2, 0.25) is 0 Å². The first-order chi connectivity index (χ1) is 16.0. The van der Waals surface area contributed by atoms with Crippen LogP contribution in [0.15, 0.2) is 29.4 Å². The summed E-state index contributed by atoms with van der Waals surface area (Å²) in [5, 5.41) is 18.3. The minimum atomic E-state index is -0.232. The third kappa shape index (κ3) is 5.00. The number of benzene rings is 1. The summed E-state index contributed by atoms with van der Waals surface area (Å²) in [6, 6.07) is 7.60. The molecule has 0 radical (unpaired) electrons. The molecule has 0 spiro atoms. The summed E-state index contributed by atoms with van der Waals surface area (Å²) in [5.74, 6) is 2.43. The Balaban J connectivity index is 1.49. The first-order valence-corrected chi connectivity index (χ1v) is 12.0. The van der Waals surface area contributed by atoms with Crippen LogP contribution in [0.3, 0.4) is 0 Å². The highest BCUT2D eigenvalue weighted by molar-refractivity contribution is 7.99. The number of fused-ring (bicyclic) bond motifs is 2. The number of hydrogen-bond acceptors (Lipinski definition) is 9. The van der Waals surface area contributed by atoms with Crippen molar-refractivity contribution in [1.29, 1.82) is 0 Å². The molecule has 4 N–H and O–H groups in total. The monoisotopic (exact) mass is 468 g/mol. The van der Waals surface area contributed by atoms with E-state index in [0.717, 1.165) is 16.9 Å². The molecular formula is C21H28N10OS. The lowest BCUT2D eigenvalue weighted by Gasteiger charge is -2.20. The lowest BCUT2D eigenvalue weighted by Crippen LogP contribution is -2.33. The molecule has 0 aliphatic heterocycles. The van der Waals surface area contributed by atoms with E-state index in [-0.39, 0.29) is 23.6 Å². The Bertz CT molecular complexity index is 1220. The number of aromatic amines is 1. The molecule has 174 valence electrons. The third-order valence-corrected chi connectivity index (χ3v) is 5.86. The molecular weight excluding hydrogens is 440 g/mol. The fourth-order valence-electron chi connectivity index (χ4n) is 3.41. The highest BCUT2D eigenvalue weighted by atomic mass is 32.2. The standard InChI is InChI=1S/C21H28N10OS/c1-5-22-18-27-19(23-6-2)31-20(28-18)29-30-21(31)33-11-15(32)26-16(12(3)4)17-24-13-9-7-8-10-14(13)25-17/h7-10,12,16H,5-6,11H2,1-4H3,(H,24,25)(H,26,32)(H2,22,23,27,28,29). The van der Waals surface area contributed by atoms with E-state index in [4.69, 9.17) is 0 Å². The minimum absolute atomic E-state index is 0.119. The number of nitrogens with zero attached hydrogens (tertiary/aromatic N) is 6. The van der Waals surface area contributed by atoms with E-state index in [1.165, 1.54) is 11.8 Å². The average molecular weight is 469 g/mol. The second-order valence-corrected chi connectivity index (χ2v) is 8.71. The van der Waals surface area contributed by atoms with Crippen LogP contribution in [0.5, 0.6) is 0 Å². The Kier molecular flexibility index (Phi) is 6.92. The normalized spacial score (nSPS) is 12.4. The first-order valence-electron chi connectivity index (χ1n) is 11.0. The van der Waals surface area contributed by atoms with Crippen LogP contribution < -0.4 is 16.0 Å². The molecule has 4 aromatic rings. The number of rotatable bonds is 10. The van der Waals surface area contributed by atoms with Crippen LogP contribution in [0, 0.1) is 5.92 Å². The summed E-state index contributed by atoms with van der Waals surface area (Å²) >= 11 is 1.28. The largest absolute Gasteiger partial charge is 0.355 e. The summed E-state index contributed by atoms with van der Waals surface area (Å²) in [4.78, 5) is 29.7. The predicted molar refractivity (Wildman–Crippen MR) is 129 cm³/mol. The summed E-state index contributed by atoms with van der Waals surface area (Å²) in [6.45, 7) is 9.43. The highest BCUT2D eigenvalue weighted by Gasteiger charge is 2.23. The van der Waals surface area contributed by atoms with E-state index in [1.807, 2.05) is 38.1 Å². The maximum atomic E-state index is 12.8. The molecule has 3 heterocycles. The van der Waals surface area contributed by atoms with E-state index in [0.29, 0.717) is 35.9 Å². The lowest BCUT2D eigenvalue weighted by atomic mass is 10.0. The average Bonchev–Trinajstić information content (AvgIpc) is 3.40. The van der Waals surface area contributed by atoms with Crippen molar-refractivity contribution in [2.24, 2.45) is 5.92 Å². The fraction of sp³-hybridized carbons (Fsp3) is 0.429. The number of nitrogens with one attached hydrogen (secondary N) is 4. The van der Waals surface area contributed by atoms with Gasteiger partial charge in [0.05, 0.1) is 22.8 Å². The van der Waals surface area contributed by atoms with Crippen molar-refractivity contribution >= 4 is 46.4 Å². The van der Waals surface area contributed by atoms with Gasteiger partial charge >= 0.3 is 0 Å². The molecule has 0 aliphatic carbocycles. The number of anilines is 2. The van der Waals surface area contributed by atoms with Crippen molar-refractivity contribution in [2.75, 3.05) is 29.5 Å². The molecule has 33 heavy (non-hydrogen) atoms. The predicted octanol–water partition coefficient (Wildman–Crippen LogP) is 2.86. The van der Waals surface area contributed by atoms with E-state index >= 15 is 0 Å². The smallest absolute Gasteiger partial charge is 0.261 e. The van der Waals surface area contributed by atoms with Gasteiger partial charge in [-0.2, -0.15) is 9.97 Å². The number of H-pyrrole nitrogens is 1. The zero-order chi connectivity index (χ0) is 23.4. The number of amides is 1. The van der Waals surface area contributed by atoms with Gasteiger partial charge in [0.1, 0.15) is 5.82 Å². The van der Waals surface area contributed by atoms with Crippen molar-refractivity contribution < 1.29 is 4.79 Å². The Labute approximate surface area is 195 Å². The van der Waals surface area contributed by atoms with E-state index in [1.54, 1.807) is 4.40 Å². The molecule has 0 saturated heterocycles. The van der Waals surface area contributed by atoms with Crippen molar-refractivity contribution in [3.05, 3.63) is 30.1 Å². The van der Waals surface area contributed by atoms with Crippen LogP contribution in [0.4, 0.5) is 11.9 Å². The van der Waals surface area contributed by atoms with Gasteiger partial charge < -0.3 is 20.9 Å². The van der Waals surface area contributed by atoms with Crippen LogP contribution >= 0.6 is 11.8 Å². The second kappa shape index (κ2) is 10.0. The van der Waals surface area contributed by atoms with E-state index < -0.39 is 0 Å². The maximum Gasteiger partial charge on any atom is 0.261 e. The van der Waals surface area contributed by atoms with Gasteiger partial charge in [0.2, 0.25) is 17.8 Å². The van der Waals surface area contributed by atoms with Crippen LogP contribution in [0.1, 0.15) is 39.6 Å². The quantitative estimate of drug-likeness (QED) is 0.259. The van der Waals surface area contributed by atoms with Gasteiger partial charge in [-0.25, -0.2) is 9.38 Å². The van der Waals surface area contributed by atoms with Crippen molar-refractivity contribution in [1.82, 2.24) is 39.9 Å². The lowest BCUT2D eigenvalue weighted by molar-refractivity contribution is -0.119. The van der Waals surface area contributed by atoms with Gasteiger partial charge in [0.15, 0.2) is 5.16 Å². The number of para-hydroxylation sites is 2. The molecule has 4 rings (SSSR count). The number of carbonyl (C=O) groups excluding carboxylic acids is 1. The Morgan fingerprint density at radius 1 is 1.09 bits per heavy atom. The molecule has 0 bridgehead atoms. The topological polar surface area (TPSA) is 138 Å². The van der Waals surface area contributed by atoms with E-state index in [9.17, 15) is 4.79 Å². The van der Waals surface area contributed by atoms with Crippen molar-refractivity contribution in [3.8, 4) is 0 Å². The second-order valence-electron chi connectivity index (χ2n) is 7.77. The summed E-state index contributed by atoms with van der Waals surface area (Å²) in [7, 11) is 0. The van der Waals surface area contributed by atoms with Crippen molar-refractivity contribution in [2.45, 2.75) is 38.9 Å². The number of imidazole rings is 1. The Morgan fingerprint density at radius 2 is 1.88 bits per heavy atom. The number of hydrogen-bond donors (Lipinski definition) is 4. The molecule has 1 aromatic carbocycles. The zero-order valence-corrected chi connectivity index (χ0v) is 19.9. The van der Waals surface area contributed by atoms with Crippen molar-refractivity contribution in [3.63, 3.8) is 0 Å². The van der Waals surface area contributed by atoms with Crippen LogP contribution in [-0.2, 0) is 4.79 Å². The molecule has 12 heteroatoms. The first kappa shape index (κ1) is 22.8. The summed E-state index contributed by atoms with van der Waals surface area (Å²) < 4.78 is 1.72. The molecule has 0 fully saturated rings. The SMILES string of the molecule is CCNc1nc(NCC)n2c(SCC(=O)NC(c3nc4ccccc4[nH]3)C(C)C)nnc2n1. The van der Waals surface area contributed by atoms with Gasteiger partial charge in [-0.15, -0.1) is 10.2 Å². The summed E-state index contributed by atoms with van der Waals surface area (Å²) in [5.41, 5.74) is 1.83. The summed E-state index contributed by atoms with van der Waals surface area (Å²) in [6.07, 6.45) is 0. The van der Waals surface area contributed by atoms with Gasteiger partial charge in [-0.3, -0.25) is 4.79 Å². The number of carbonyl (C=O) groups is 1. The van der Waals surface area contributed by atoms with Crippen LogP contribution in [-0.4, -0.2) is 59.3 Å². The van der Waals surface area contributed by atoms with E-state index in [2.05, 4.69) is 59.9 Å². The third-order valence-electron chi connectivity index (χ3n) is 4.93. The molecule has 0 aliphatic rings. The Hall–Kier alpha value is -3.41. The van der Waals surface area contributed by atoms with Gasteiger partial charge in [0.25, 0.3) is 5.78 Å². The van der Waals surface area contributed by atoms with Gasteiger partial charge in [-0.05, 0) is 31.9 Å². The molecule has 1 atom stereocenters. The zero-order valence-electron chi connectivity index (χ0n) is 19.1. The number of aromatic nitrogens is 7. The fourth-order valence-corrected chi connectivity index (χ4v) is 4.15. The number of thioether (sulfide) groups is 1. The molecule has 1 unspecified atom stereocenters. The molecule has 11 nitrogen and oxygen atoms in total.